The quantitative estimate of drug-likeness (QED) is 0.743. The van der Waals surface area contributed by atoms with E-state index in [-0.39, 0.29) is 6.61 Å². The summed E-state index contributed by atoms with van der Waals surface area (Å²) < 4.78 is 5.74. The smallest absolute Gasteiger partial charge is 0.119 e. The number of aliphatic hydroxyl groups excluding tert-OH is 1. The van der Waals surface area contributed by atoms with Crippen molar-refractivity contribution >= 4 is 0 Å². The first-order valence-electron chi connectivity index (χ1n) is 8.40. The molecule has 1 heterocycles. The third-order valence-corrected chi connectivity index (χ3v) is 4.29. The van der Waals surface area contributed by atoms with Gasteiger partial charge in [-0.3, -0.25) is 4.90 Å². The molecular formula is C18H29NO2. The van der Waals surface area contributed by atoms with Crippen LogP contribution >= 0.6 is 0 Å². The molecule has 1 N–H and O–H groups in total. The Bertz CT molecular complexity index is 391. The van der Waals surface area contributed by atoms with E-state index in [2.05, 4.69) is 36.1 Å². The summed E-state index contributed by atoms with van der Waals surface area (Å²) in [6.07, 6.45) is 7.19. The van der Waals surface area contributed by atoms with Crippen molar-refractivity contribution in [1.29, 1.82) is 0 Å². The standard InChI is InChI=1S/C18H29NO2/c1-2-3-6-13-21-18-10-8-16(9-11-18)14-19-12-5-4-7-17(19)15-20/h8-11,17,20H,2-7,12-15H2,1H3. The van der Waals surface area contributed by atoms with E-state index in [0.717, 1.165) is 38.3 Å². The first-order chi connectivity index (χ1) is 10.3. The predicted molar refractivity (Wildman–Crippen MR) is 86.6 cm³/mol. The van der Waals surface area contributed by atoms with Crippen LogP contribution in [0.3, 0.4) is 0 Å². The van der Waals surface area contributed by atoms with Crippen LogP contribution in [0.15, 0.2) is 24.3 Å². The molecule has 0 amide bonds. The van der Waals surface area contributed by atoms with Crippen molar-refractivity contribution in [3.05, 3.63) is 29.8 Å². The lowest BCUT2D eigenvalue weighted by atomic mass is 10.0. The summed E-state index contributed by atoms with van der Waals surface area (Å²) in [4.78, 5) is 2.40. The highest BCUT2D eigenvalue weighted by Crippen LogP contribution is 2.20. The number of aliphatic hydroxyl groups is 1. The molecular weight excluding hydrogens is 262 g/mol. The number of nitrogens with zero attached hydrogens (tertiary/aromatic N) is 1. The number of piperidine rings is 1. The second-order valence-electron chi connectivity index (χ2n) is 6.00. The highest BCUT2D eigenvalue weighted by atomic mass is 16.5. The van der Waals surface area contributed by atoms with Crippen molar-refractivity contribution in [3.8, 4) is 5.75 Å². The topological polar surface area (TPSA) is 32.7 Å². The van der Waals surface area contributed by atoms with Crippen LogP contribution in [0, 0.1) is 0 Å². The van der Waals surface area contributed by atoms with Crippen molar-refractivity contribution in [3.63, 3.8) is 0 Å². The normalized spacial score (nSPS) is 19.6. The molecule has 1 atom stereocenters. The molecule has 0 bridgehead atoms. The van der Waals surface area contributed by atoms with Gasteiger partial charge >= 0.3 is 0 Å². The lowest BCUT2D eigenvalue weighted by Crippen LogP contribution is -2.41. The number of hydrogen-bond acceptors (Lipinski definition) is 3. The lowest BCUT2D eigenvalue weighted by Gasteiger charge is -2.34. The second kappa shape index (κ2) is 9.06. The largest absolute Gasteiger partial charge is 0.494 e. The molecule has 3 heteroatoms. The summed E-state index contributed by atoms with van der Waals surface area (Å²) in [5.41, 5.74) is 1.30. The van der Waals surface area contributed by atoms with Gasteiger partial charge in [-0.05, 0) is 43.5 Å². The molecule has 0 radical (unpaired) electrons. The maximum Gasteiger partial charge on any atom is 0.119 e. The molecule has 1 unspecified atom stereocenters. The third-order valence-electron chi connectivity index (χ3n) is 4.29. The summed E-state index contributed by atoms with van der Waals surface area (Å²) in [6.45, 7) is 5.32. The van der Waals surface area contributed by atoms with E-state index in [1.54, 1.807) is 0 Å². The summed E-state index contributed by atoms with van der Waals surface area (Å²) >= 11 is 0. The molecule has 2 rings (SSSR count). The summed E-state index contributed by atoms with van der Waals surface area (Å²) in [5, 5.41) is 9.46. The Labute approximate surface area is 128 Å². The van der Waals surface area contributed by atoms with Gasteiger partial charge in [-0.25, -0.2) is 0 Å². The average molecular weight is 291 g/mol. The Morgan fingerprint density at radius 1 is 1.19 bits per heavy atom. The van der Waals surface area contributed by atoms with Crippen LogP contribution < -0.4 is 4.74 Å². The molecule has 21 heavy (non-hydrogen) atoms. The minimum Gasteiger partial charge on any atom is -0.494 e. The number of hydrogen-bond donors (Lipinski definition) is 1. The van der Waals surface area contributed by atoms with E-state index in [4.69, 9.17) is 4.74 Å². The average Bonchev–Trinajstić information content (AvgIpc) is 2.54. The van der Waals surface area contributed by atoms with E-state index in [0.29, 0.717) is 6.04 Å². The predicted octanol–water partition coefficient (Wildman–Crippen LogP) is 3.60. The summed E-state index contributed by atoms with van der Waals surface area (Å²) in [5.74, 6) is 0.965. The minimum atomic E-state index is 0.276. The monoisotopic (exact) mass is 291 g/mol. The van der Waals surface area contributed by atoms with Crippen molar-refractivity contribution in [2.45, 2.75) is 58.0 Å². The van der Waals surface area contributed by atoms with E-state index < -0.39 is 0 Å². The zero-order chi connectivity index (χ0) is 14.9. The molecule has 1 aliphatic heterocycles. The number of rotatable bonds is 8. The zero-order valence-electron chi connectivity index (χ0n) is 13.3. The van der Waals surface area contributed by atoms with Crippen molar-refractivity contribution < 1.29 is 9.84 Å². The number of likely N-dealkylation sites (tertiary alicyclic amines) is 1. The highest BCUT2D eigenvalue weighted by Gasteiger charge is 2.21. The SMILES string of the molecule is CCCCCOc1ccc(CN2CCCCC2CO)cc1. The molecule has 3 nitrogen and oxygen atoms in total. The second-order valence-corrected chi connectivity index (χ2v) is 6.00. The van der Waals surface area contributed by atoms with Gasteiger partial charge in [0.25, 0.3) is 0 Å². The molecule has 1 aromatic carbocycles. The van der Waals surface area contributed by atoms with E-state index >= 15 is 0 Å². The molecule has 0 aromatic heterocycles. The molecule has 1 aliphatic rings. The minimum absolute atomic E-state index is 0.276. The van der Waals surface area contributed by atoms with Gasteiger partial charge in [0.15, 0.2) is 0 Å². The van der Waals surface area contributed by atoms with Crippen LogP contribution in [-0.4, -0.2) is 35.8 Å². The maximum absolute atomic E-state index is 9.46. The Balaban J connectivity index is 1.81. The van der Waals surface area contributed by atoms with Gasteiger partial charge in [-0.2, -0.15) is 0 Å². The third kappa shape index (κ3) is 5.33. The molecule has 1 saturated heterocycles. The van der Waals surface area contributed by atoms with E-state index in [1.807, 2.05) is 0 Å². The van der Waals surface area contributed by atoms with Gasteiger partial charge in [0.2, 0.25) is 0 Å². The van der Waals surface area contributed by atoms with Crippen LogP contribution in [-0.2, 0) is 6.54 Å². The van der Waals surface area contributed by atoms with Gasteiger partial charge < -0.3 is 9.84 Å². The fourth-order valence-corrected chi connectivity index (χ4v) is 2.94. The summed E-state index contributed by atoms with van der Waals surface area (Å²) in [7, 11) is 0. The number of ether oxygens (including phenoxy) is 1. The molecule has 1 aromatic rings. The van der Waals surface area contributed by atoms with Gasteiger partial charge in [0.1, 0.15) is 5.75 Å². The lowest BCUT2D eigenvalue weighted by molar-refractivity contribution is 0.0841. The first kappa shape index (κ1) is 16.3. The molecule has 0 aliphatic carbocycles. The Morgan fingerprint density at radius 2 is 2.00 bits per heavy atom. The Hall–Kier alpha value is -1.06. The number of benzene rings is 1. The first-order valence-corrected chi connectivity index (χ1v) is 8.40. The fraction of sp³-hybridized carbons (Fsp3) is 0.667. The fourth-order valence-electron chi connectivity index (χ4n) is 2.94. The molecule has 0 spiro atoms. The summed E-state index contributed by atoms with van der Waals surface area (Å²) in [6, 6.07) is 8.78. The van der Waals surface area contributed by atoms with E-state index in [1.165, 1.54) is 31.2 Å². The van der Waals surface area contributed by atoms with Crippen molar-refractivity contribution in [2.24, 2.45) is 0 Å². The Kier molecular flexibility index (Phi) is 7.04. The number of unbranched alkanes of at least 4 members (excludes halogenated alkanes) is 2. The van der Waals surface area contributed by atoms with Crippen LogP contribution in [0.5, 0.6) is 5.75 Å². The van der Waals surface area contributed by atoms with Crippen LogP contribution in [0.1, 0.15) is 51.0 Å². The van der Waals surface area contributed by atoms with Gasteiger partial charge in [-0.15, -0.1) is 0 Å². The molecule has 118 valence electrons. The van der Waals surface area contributed by atoms with E-state index in [9.17, 15) is 5.11 Å². The van der Waals surface area contributed by atoms with Crippen LogP contribution in [0.25, 0.3) is 0 Å². The zero-order valence-corrected chi connectivity index (χ0v) is 13.3. The van der Waals surface area contributed by atoms with Gasteiger partial charge in [0, 0.05) is 12.6 Å². The van der Waals surface area contributed by atoms with Crippen molar-refractivity contribution in [2.75, 3.05) is 19.8 Å². The van der Waals surface area contributed by atoms with Gasteiger partial charge in [0.05, 0.1) is 13.2 Å². The Morgan fingerprint density at radius 3 is 2.71 bits per heavy atom. The van der Waals surface area contributed by atoms with Crippen molar-refractivity contribution in [1.82, 2.24) is 4.90 Å². The molecule has 1 fully saturated rings. The maximum atomic E-state index is 9.46. The van der Waals surface area contributed by atoms with Crippen LogP contribution in [0.4, 0.5) is 0 Å². The highest BCUT2D eigenvalue weighted by molar-refractivity contribution is 5.27. The van der Waals surface area contributed by atoms with Crippen LogP contribution in [0.2, 0.25) is 0 Å². The molecule has 0 saturated carbocycles. The van der Waals surface area contributed by atoms with Gasteiger partial charge in [-0.1, -0.05) is 38.3 Å².